The number of hydrogen-bond donors (Lipinski definition) is 0. The first-order chi connectivity index (χ1) is 20.8. The Hall–Kier alpha value is -4.70. The van der Waals surface area contributed by atoms with Crippen molar-refractivity contribution in [1.82, 2.24) is 4.57 Å². The van der Waals surface area contributed by atoms with E-state index in [9.17, 15) is 14.0 Å². The number of esters is 1. The number of thiazole rings is 1. The fourth-order valence-corrected chi connectivity index (χ4v) is 5.86. The monoisotopic (exact) mass is 602 g/mol. The van der Waals surface area contributed by atoms with Crippen LogP contribution in [-0.2, 0) is 16.1 Å². The number of rotatable bonds is 10. The molecule has 1 aromatic heterocycles. The predicted molar refractivity (Wildman–Crippen MR) is 162 cm³/mol. The molecule has 0 spiro atoms. The Balaban J connectivity index is 1.56. The number of allylic oxidation sites excluding steroid dienone is 1. The molecular formula is C33H31FN2O6S. The van der Waals surface area contributed by atoms with Crippen LogP contribution in [0.1, 0.15) is 43.5 Å². The zero-order chi connectivity index (χ0) is 30.5. The van der Waals surface area contributed by atoms with Crippen molar-refractivity contribution in [3.8, 4) is 17.2 Å². The number of nitrogens with zero attached hydrogens (tertiary/aromatic N) is 2. The highest BCUT2D eigenvalue weighted by atomic mass is 32.1. The third-order valence-electron chi connectivity index (χ3n) is 6.85. The largest absolute Gasteiger partial charge is 0.497 e. The van der Waals surface area contributed by atoms with Crippen molar-refractivity contribution >= 4 is 23.4 Å². The normalized spacial score (nSPS) is 14.6. The highest BCUT2D eigenvalue weighted by Crippen LogP contribution is 2.32. The molecule has 1 atom stereocenters. The predicted octanol–water partition coefficient (Wildman–Crippen LogP) is 4.92. The molecule has 3 aromatic carbocycles. The third kappa shape index (κ3) is 6.24. The molecule has 0 N–H and O–H groups in total. The SMILES string of the molecule is CCOC(=O)C1=C(C)N=c2sc(=Cc3ccc(OCc4ccccc4F)c(OCC)c3)c(=O)n2[C@H]1c1ccc(OC)cc1. The van der Waals surface area contributed by atoms with E-state index in [4.69, 9.17) is 18.9 Å². The van der Waals surface area contributed by atoms with Gasteiger partial charge in [0.05, 0.1) is 42.2 Å². The van der Waals surface area contributed by atoms with Crippen LogP contribution in [0.4, 0.5) is 4.39 Å². The third-order valence-corrected chi connectivity index (χ3v) is 7.84. The summed E-state index contributed by atoms with van der Waals surface area (Å²) in [6.45, 7) is 5.95. The van der Waals surface area contributed by atoms with Gasteiger partial charge in [0.25, 0.3) is 5.56 Å². The molecule has 1 aliphatic rings. The first-order valence-electron chi connectivity index (χ1n) is 13.8. The first-order valence-corrected chi connectivity index (χ1v) is 14.6. The smallest absolute Gasteiger partial charge is 0.338 e. The summed E-state index contributed by atoms with van der Waals surface area (Å²) in [5, 5.41) is 0. The molecule has 0 aliphatic carbocycles. The van der Waals surface area contributed by atoms with Gasteiger partial charge in [0.15, 0.2) is 16.3 Å². The molecule has 0 saturated carbocycles. The summed E-state index contributed by atoms with van der Waals surface area (Å²) in [6.07, 6.45) is 1.75. The van der Waals surface area contributed by atoms with Crippen LogP contribution in [0.3, 0.4) is 0 Å². The van der Waals surface area contributed by atoms with Gasteiger partial charge in [-0.25, -0.2) is 14.2 Å². The van der Waals surface area contributed by atoms with E-state index in [0.29, 0.717) is 55.6 Å². The van der Waals surface area contributed by atoms with E-state index >= 15 is 0 Å². The number of benzene rings is 3. The number of hydrogen-bond acceptors (Lipinski definition) is 8. The molecule has 4 aromatic rings. The lowest BCUT2D eigenvalue weighted by Crippen LogP contribution is -2.39. The van der Waals surface area contributed by atoms with Crippen LogP contribution in [0.25, 0.3) is 6.08 Å². The molecule has 0 saturated heterocycles. The second-order valence-electron chi connectivity index (χ2n) is 9.59. The molecule has 0 fully saturated rings. The van der Waals surface area contributed by atoms with Gasteiger partial charge in [-0.2, -0.15) is 0 Å². The minimum Gasteiger partial charge on any atom is -0.497 e. The van der Waals surface area contributed by atoms with E-state index in [-0.39, 0.29) is 24.6 Å². The number of ether oxygens (including phenoxy) is 4. The van der Waals surface area contributed by atoms with Crippen molar-refractivity contribution in [2.75, 3.05) is 20.3 Å². The van der Waals surface area contributed by atoms with Gasteiger partial charge < -0.3 is 18.9 Å². The molecule has 8 nitrogen and oxygen atoms in total. The molecule has 1 aliphatic heterocycles. The lowest BCUT2D eigenvalue weighted by atomic mass is 9.96. The Morgan fingerprint density at radius 1 is 1.02 bits per heavy atom. The lowest BCUT2D eigenvalue weighted by Gasteiger charge is -2.24. The molecule has 2 heterocycles. The van der Waals surface area contributed by atoms with E-state index in [1.165, 1.54) is 22.0 Å². The molecule has 5 rings (SSSR count). The van der Waals surface area contributed by atoms with Gasteiger partial charge in [0, 0.05) is 5.56 Å². The summed E-state index contributed by atoms with van der Waals surface area (Å²) in [5.74, 6) is 0.712. The summed E-state index contributed by atoms with van der Waals surface area (Å²) in [7, 11) is 1.57. The Kier molecular flexibility index (Phi) is 9.06. The molecule has 43 heavy (non-hydrogen) atoms. The summed E-state index contributed by atoms with van der Waals surface area (Å²) < 4.78 is 38.4. The summed E-state index contributed by atoms with van der Waals surface area (Å²) in [4.78, 5) is 32.1. The fourth-order valence-electron chi connectivity index (χ4n) is 4.82. The van der Waals surface area contributed by atoms with E-state index in [1.807, 2.05) is 19.1 Å². The van der Waals surface area contributed by atoms with Crippen molar-refractivity contribution in [1.29, 1.82) is 0 Å². The van der Waals surface area contributed by atoms with Gasteiger partial charge >= 0.3 is 5.97 Å². The van der Waals surface area contributed by atoms with Gasteiger partial charge in [-0.3, -0.25) is 9.36 Å². The van der Waals surface area contributed by atoms with Crippen molar-refractivity contribution in [3.63, 3.8) is 0 Å². The van der Waals surface area contributed by atoms with Crippen LogP contribution in [0, 0.1) is 5.82 Å². The average Bonchev–Trinajstić information content (AvgIpc) is 3.30. The molecule has 0 unspecified atom stereocenters. The standard InChI is InChI=1S/C33H31FN2O6S/c1-5-40-27-17-21(11-16-26(27)42-19-23-9-7-8-10-25(23)34)18-28-31(37)36-30(22-12-14-24(39-4)15-13-22)29(32(38)41-6-2)20(3)35-33(36)43-28/h7-18,30H,5-6,19H2,1-4H3/t30-/m0/s1. The maximum atomic E-state index is 14.1. The van der Waals surface area contributed by atoms with Crippen LogP contribution < -0.4 is 29.1 Å². The van der Waals surface area contributed by atoms with Crippen LogP contribution in [0.5, 0.6) is 17.2 Å². The number of carbonyl (C=O) groups excluding carboxylic acids is 1. The van der Waals surface area contributed by atoms with Gasteiger partial charge in [-0.05, 0) is 68.3 Å². The van der Waals surface area contributed by atoms with Crippen LogP contribution >= 0.6 is 11.3 Å². The Morgan fingerprint density at radius 2 is 1.79 bits per heavy atom. The minimum absolute atomic E-state index is 0.0399. The van der Waals surface area contributed by atoms with E-state index in [0.717, 1.165) is 5.56 Å². The Labute approximate surface area is 252 Å². The Bertz CT molecular complexity index is 1860. The zero-order valence-electron chi connectivity index (χ0n) is 24.3. The second kappa shape index (κ2) is 13.1. The lowest BCUT2D eigenvalue weighted by molar-refractivity contribution is -0.139. The maximum absolute atomic E-state index is 14.1. The van der Waals surface area contributed by atoms with E-state index in [2.05, 4.69) is 4.99 Å². The number of fused-ring (bicyclic) bond motifs is 1. The summed E-state index contributed by atoms with van der Waals surface area (Å²) in [6, 6.07) is 18.2. The molecule has 0 radical (unpaired) electrons. The van der Waals surface area contributed by atoms with E-state index in [1.54, 1.807) is 75.6 Å². The molecule has 10 heteroatoms. The van der Waals surface area contributed by atoms with Gasteiger partial charge in [0.1, 0.15) is 18.2 Å². The number of methoxy groups -OCH3 is 1. The number of carbonyl (C=O) groups is 1. The first kappa shape index (κ1) is 29.8. The van der Waals surface area contributed by atoms with Crippen LogP contribution in [0.15, 0.2) is 87.8 Å². The number of aromatic nitrogens is 1. The van der Waals surface area contributed by atoms with Gasteiger partial charge in [-0.1, -0.05) is 47.7 Å². The maximum Gasteiger partial charge on any atom is 0.338 e. The van der Waals surface area contributed by atoms with Crippen molar-refractivity contribution in [2.24, 2.45) is 4.99 Å². The summed E-state index contributed by atoms with van der Waals surface area (Å²) >= 11 is 1.23. The Morgan fingerprint density at radius 3 is 2.49 bits per heavy atom. The highest BCUT2D eigenvalue weighted by Gasteiger charge is 2.33. The summed E-state index contributed by atoms with van der Waals surface area (Å²) in [5.41, 5.74) is 2.36. The van der Waals surface area contributed by atoms with Crippen molar-refractivity contribution in [2.45, 2.75) is 33.4 Å². The van der Waals surface area contributed by atoms with E-state index < -0.39 is 12.0 Å². The zero-order valence-corrected chi connectivity index (χ0v) is 25.1. The van der Waals surface area contributed by atoms with Crippen LogP contribution in [-0.4, -0.2) is 30.9 Å². The molecule has 0 bridgehead atoms. The fraction of sp³-hybridized carbons (Fsp3) is 0.242. The average molecular weight is 603 g/mol. The van der Waals surface area contributed by atoms with Crippen molar-refractivity contribution < 1.29 is 28.1 Å². The van der Waals surface area contributed by atoms with Crippen LogP contribution in [0.2, 0.25) is 0 Å². The molecule has 222 valence electrons. The minimum atomic E-state index is -0.725. The second-order valence-corrected chi connectivity index (χ2v) is 10.6. The van der Waals surface area contributed by atoms with Gasteiger partial charge in [-0.15, -0.1) is 0 Å². The topological polar surface area (TPSA) is 88.4 Å². The van der Waals surface area contributed by atoms with Crippen molar-refractivity contribution in [3.05, 3.63) is 120 Å². The highest BCUT2D eigenvalue weighted by molar-refractivity contribution is 7.07. The number of halogens is 1. The molecule has 0 amide bonds. The van der Waals surface area contributed by atoms with Gasteiger partial charge in [0.2, 0.25) is 0 Å². The molecular weight excluding hydrogens is 571 g/mol. The quantitative estimate of drug-likeness (QED) is 0.240.